The van der Waals surface area contributed by atoms with Gasteiger partial charge in [0.1, 0.15) is 6.04 Å². The Labute approximate surface area is 196 Å². The lowest BCUT2D eigenvalue weighted by molar-refractivity contribution is -0.120. The van der Waals surface area contributed by atoms with Crippen molar-refractivity contribution in [2.75, 3.05) is 0 Å². The van der Waals surface area contributed by atoms with Crippen LogP contribution in [-0.4, -0.2) is 33.3 Å². The van der Waals surface area contributed by atoms with E-state index in [4.69, 9.17) is 0 Å². The van der Waals surface area contributed by atoms with Gasteiger partial charge in [-0.3, -0.25) is 9.48 Å². The second-order valence-electron chi connectivity index (χ2n) is 10.2. The maximum absolute atomic E-state index is 13.8. The van der Waals surface area contributed by atoms with Gasteiger partial charge in [0, 0.05) is 41.4 Å². The average Bonchev–Trinajstić information content (AvgIpc) is 3.18. The molecule has 34 heavy (non-hydrogen) atoms. The molecule has 4 aliphatic rings. The molecule has 1 aromatic heterocycles. The fraction of sp³-hybridized carbons (Fsp3) is 0.440. The number of halogens is 2. The minimum Gasteiger partial charge on any atom is -0.362 e. The SMILES string of the molecule is CC[C@@]1(c2cccc(-c3ccnn3C3CC3(F)F)c2)C2=CN=NC2NC2=C1C(=O)NC(C)(C)C2. The Morgan fingerprint density at radius 1 is 1.24 bits per heavy atom. The van der Waals surface area contributed by atoms with Gasteiger partial charge < -0.3 is 10.6 Å². The van der Waals surface area contributed by atoms with Crippen LogP contribution in [0.5, 0.6) is 0 Å². The topological polar surface area (TPSA) is 83.7 Å². The Balaban J connectivity index is 1.52. The summed E-state index contributed by atoms with van der Waals surface area (Å²) < 4.78 is 29.1. The van der Waals surface area contributed by atoms with Crippen LogP contribution in [0.2, 0.25) is 0 Å². The summed E-state index contributed by atoms with van der Waals surface area (Å²) in [7, 11) is 0. The van der Waals surface area contributed by atoms with Crippen LogP contribution in [0.25, 0.3) is 11.3 Å². The van der Waals surface area contributed by atoms with Crippen LogP contribution in [-0.2, 0) is 10.2 Å². The number of carbonyl (C=O) groups excluding carboxylic acids is 1. The van der Waals surface area contributed by atoms with E-state index in [9.17, 15) is 13.6 Å². The average molecular weight is 465 g/mol. The van der Waals surface area contributed by atoms with Crippen LogP contribution in [0, 0.1) is 0 Å². The van der Waals surface area contributed by atoms with Crippen molar-refractivity contribution in [1.29, 1.82) is 0 Å². The fourth-order valence-corrected chi connectivity index (χ4v) is 5.81. The van der Waals surface area contributed by atoms with E-state index in [0.717, 1.165) is 22.4 Å². The molecule has 6 rings (SSSR count). The standard InChI is InChI=1S/C25H26F2N6O/c1-4-24(16-13-28-32-21(16)30-17-11-23(2,3)31-22(34)20(17)24)15-7-5-6-14(10-15)18-8-9-29-33(18)19-12-25(19,26)27/h5-10,13,19,21,30H,4,11-12H2,1-3H3,(H,31,34)/t19?,21?,24-/m1/s1. The number of hydrogen-bond acceptors (Lipinski definition) is 5. The van der Waals surface area contributed by atoms with Crippen LogP contribution in [0.4, 0.5) is 8.78 Å². The Bertz CT molecular complexity index is 1310. The fourth-order valence-electron chi connectivity index (χ4n) is 5.81. The van der Waals surface area contributed by atoms with Gasteiger partial charge in [0.05, 0.1) is 22.9 Å². The zero-order valence-electron chi connectivity index (χ0n) is 19.3. The molecule has 9 heteroatoms. The molecule has 0 saturated heterocycles. The monoisotopic (exact) mass is 464 g/mol. The summed E-state index contributed by atoms with van der Waals surface area (Å²) in [5.74, 6) is -2.84. The van der Waals surface area contributed by atoms with Gasteiger partial charge in [0.15, 0.2) is 6.17 Å². The number of benzene rings is 1. The molecule has 3 atom stereocenters. The second kappa shape index (κ2) is 6.84. The summed E-state index contributed by atoms with van der Waals surface area (Å²) in [6, 6.07) is 8.65. The predicted octanol–water partition coefficient (Wildman–Crippen LogP) is 4.61. The van der Waals surface area contributed by atoms with E-state index in [0.29, 0.717) is 24.1 Å². The molecule has 1 fully saturated rings. The van der Waals surface area contributed by atoms with Crippen molar-refractivity contribution >= 4 is 5.91 Å². The van der Waals surface area contributed by atoms with E-state index in [2.05, 4.69) is 32.9 Å². The third-order valence-electron chi connectivity index (χ3n) is 7.44. The third-order valence-corrected chi connectivity index (χ3v) is 7.44. The molecule has 3 aliphatic heterocycles. The Kier molecular flexibility index (Phi) is 4.26. The molecule has 176 valence electrons. The molecule has 4 heterocycles. The van der Waals surface area contributed by atoms with Crippen molar-refractivity contribution in [2.24, 2.45) is 10.2 Å². The summed E-state index contributed by atoms with van der Waals surface area (Å²) in [6.45, 7) is 6.06. The molecule has 0 radical (unpaired) electrons. The van der Waals surface area contributed by atoms with Crippen molar-refractivity contribution < 1.29 is 13.6 Å². The number of fused-ring (bicyclic) bond motifs is 1. The maximum Gasteiger partial charge on any atom is 0.272 e. The molecule has 1 aliphatic carbocycles. The number of amides is 1. The molecule has 2 unspecified atom stereocenters. The Morgan fingerprint density at radius 3 is 2.76 bits per heavy atom. The van der Waals surface area contributed by atoms with Crippen LogP contribution in [0.3, 0.4) is 0 Å². The van der Waals surface area contributed by atoms with Crippen molar-refractivity contribution in [1.82, 2.24) is 20.4 Å². The molecule has 2 N–H and O–H groups in total. The van der Waals surface area contributed by atoms with Gasteiger partial charge in [-0.1, -0.05) is 25.1 Å². The molecule has 2 aromatic rings. The first-order chi connectivity index (χ1) is 16.2. The minimum absolute atomic E-state index is 0.111. The first-order valence-electron chi connectivity index (χ1n) is 11.6. The van der Waals surface area contributed by atoms with Crippen molar-refractivity contribution in [3.05, 3.63) is 65.1 Å². The number of aromatic nitrogens is 2. The number of alkyl halides is 2. The summed E-state index contributed by atoms with van der Waals surface area (Å²) in [5.41, 5.74) is 3.70. The number of carbonyl (C=O) groups is 1. The van der Waals surface area contributed by atoms with E-state index >= 15 is 0 Å². The number of azo groups is 1. The van der Waals surface area contributed by atoms with Crippen LogP contribution < -0.4 is 10.6 Å². The largest absolute Gasteiger partial charge is 0.362 e. The zero-order chi connectivity index (χ0) is 23.9. The second-order valence-corrected chi connectivity index (χ2v) is 10.2. The van der Waals surface area contributed by atoms with Gasteiger partial charge in [-0.15, -0.1) is 0 Å². The summed E-state index contributed by atoms with van der Waals surface area (Å²) in [4.78, 5) is 13.5. The third kappa shape index (κ3) is 2.91. The van der Waals surface area contributed by atoms with Gasteiger partial charge >= 0.3 is 0 Å². The number of nitrogens with one attached hydrogen (secondary N) is 2. The van der Waals surface area contributed by atoms with Gasteiger partial charge in [-0.25, -0.2) is 8.78 Å². The van der Waals surface area contributed by atoms with Crippen molar-refractivity contribution in [3.8, 4) is 11.3 Å². The van der Waals surface area contributed by atoms with Crippen molar-refractivity contribution in [3.63, 3.8) is 0 Å². The van der Waals surface area contributed by atoms with Crippen molar-refractivity contribution in [2.45, 2.75) is 69.1 Å². The van der Waals surface area contributed by atoms with Gasteiger partial charge in [-0.05, 0) is 38.0 Å². The highest BCUT2D eigenvalue weighted by atomic mass is 19.3. The van der Waals surface area contributed by atoms with E-state index in [1.165, 1.54) is 4.68 Å². The molecule has 0 spiro atoms. The van der Waals surface area contributed by atoms with Gasteiger partial charge in [-0.2, -0.15) is 15.3 Å². The molecular weight excluding hydrogens is 438 g/mol. The van der Waals surface area contributed by atoms with Crippen LogP contribution >= 0.6 is 0 Å². The quantitative estimate of drug-likeness (QED) is 0.693. The molecular formula is C25H26F2N6O. The summed E-state index contributed by atoms with van der Waals surface area (Å²) >= 11 is 0. The van der Waals surface area contributed by atoms with Gasteiger partial charge in [0.25, 0.3) is 11.8 Å². The number of nitrogens with zero attached hydrogens (tertiary/aromatic N) is 4. The first-order valence-corrected chi connectivity index (χ1v) is 11.6. The van der Waals surface area contributed by atoms with E-state index < -0.39 is 17.4 Å². The predicted molar refractivity (Wildman–Crippen MR) is 122 cm³/mol. The highest BCUT2D eigenvalue weighted by Crippen LogP contribution is 2.54. The highest BCUT2D eigenvalue weighted by Gasteiger charge is 2.59. The lowest BCUT2D eigenvalue weighted by atomic mass is 9.62. The number of hydrogen-bond donors (Lipinski definition) is 2. The molecule has 0 bridgehead atoms. The smallest absolute Gasteiger partial charge is 0.272 e. The lowest BCUT2D eigenvalue weighted by Crippen LogP contribution is -2.58. The van der Waals surface area contributed by atoms with Crippen LogP contribution in [0.15, 0.2) is 69.8 Å². The zero-order valence-corrected chi connectivity index (χ0v) is 19.3. The van der Waals surface area contributed by atoms with E-state index in [-0.39, 0.29) is 24.0 Å². The Morgan fingerprint density at radius 2 is 2.03 bits per heavy atom. The first kappa shape index (κ1) is 21.2. The normalized spacial score (nSPS) is 30.3. The molecule has 1 saturated carbocycles. The molecule has 1 aromatic carbocycles. The van der Waals surface area contributed by atoms with E-state index in [1.807, 2.05) is 38.1 Å². The minimum atomic E-state index is -2.73. The highest BCUT2D eigenvalue weighted by molar-refractivity contribution is 6.00. The van der Waals surface area contributed by atoms with Gasteiger partial charge in [0.2, 0.25) is 0 Å². The van der Waals surface area contributed by atoms with Crippen LogP contribution in [0.1, 0.15) is 51.6 Å². The van der Waals surface area contributed by atoms with E-state index in [1.54, 1.807) is 18.5 Å². The summed E-state index contributed by atoms with van der Waals surface area (Å²) in [6.07, 6.45) is 4.05. The number of rotatable bonds is 4. The Hall–Kier alpha value is -3.36. The summed E-state index contributed by atoms with van der Waals surface area (Å²) in [5, 5.41) is 19.4. The lowest BCUT2D eigenvalue weighted by Gasteiger charge is -2.48. The molecule has 1 amide bonds. The molecule has 7 nitrogen and oxygen atoms in total. The maximum atomic E-state index is 13.8.